The third-order valence-electron chi connectivity index (χ3n) is 6.59. The number of halogens is 3. The van der Waals surface area contributed by atoms with E-state index in [2.05, 4.69) is 27.8 Å². The molecule has 0 fully saturated rings. The van der Waals surface area contributed by atoms with Crippen LogP contribution in [0.15, 0.2) is 24.4 Å². The zero-order chi connectivity index (χ0) is 28.4. The normalized spacial score (nSPS) is 14.9. The van der Waals surface area contributed by atoms with Crippen LogP contribution in [0.1, 0.15) is 79.1 Å². The number of hydrogen-bond acceptors (Lipinski definition) is 6. The van der Waals surface area contributed by atoms with E-state index < -0.39 is 24.2 Å². The first-order chi connectivity index (χ1) is 18.5. The molecule has 1 aliphatic heterocycles. The summed E-state index contributed by atoms with van der Waals surface area (Å²) in [5.74, 6) is -2.80. The zero-order valence-corrected chi connectivity index (χ0v) is 21.5. The fourth-order valence-electron chi connectivity index (χ4n) is 4.59. The molecule has 1 amide bonds. The Balaban J connectivity index is 0.000000532. The lowest BCUT2D eigenvalue weighted by Gasteiger charge is -2.21. The van der Waals surface area contributed by atoms with Crippen molar-refractivity contribution in [3.63, 3.8) is 0 Å². The second-order valence-corrected chi connectivity index (χ2v) is 9.65. The van der Waals surface area contributed by atoms with Gasteiger partial charge in [0.25, 0.3) is 0 Å². The molecule has 2 aliphatic rings. The number of anilines is 1. The number of carbonyl (C=O) groups excluding carboxylic acids is 1. The number of aryl methyl sites for hydroxylation is 4. The summed E-state index contributed by atoms with van der Waals surface area (Å²) in [6.07, 6.45) is 5.75. The Morgan fingerprint density at radius 1 is 1.03 bits per heavy atom. The van der Waals surface area contributed by atoms with Gasteiger partial charge in [-0.25, -0.2) is 9.78 Å². The van der Waals surface area contributed by atoms with Gasteiger partial charge in [-0.2, -0.15) is 13.2 Å². The van der Waals surface area contributed by atoms with E-state index in [0.717, 1.165) is 87.1 Å². The summed E-state index contributed by atoms with van der Waals surface area (Å²) in [4.78, 5) is 42.1. The van der Waals surface area contributed by atoms with Gasteiger partial charge in [0.05, 0.1) is 12.5 Å². The van der Waals surface area contributed by atoms with Gasteiger partial charge in [-0.05, 0) is 80.5 Å². The highest BCUT2D eigenvalue weighted by molar-refractivity contribution is 5.77. The van der Waals surface area contributed by atoms with Crippen LogP contribution >= 0.6 is 0 Å². The minimum Gasteiger partial charge on any atom is -0.481 e. The van der Waals surface area contributed by atoms with Crippen molar-refractivity contribution in [1.29, 1.82) is 0 Å². The second-order valence-electron chi connectivity index (χ2n) is 9.65. The molecule has 0 saturated heterocycles. The van der Waals surface area contributed by atoms with Crippen LogP contribution in [0.25, 0.3) is 0 Å². The van der Waals surface area contributed by atoms with Gasteiger partial charge in [0, 0.05) is 30.6 Å². The van der Waals surface area contributed by atoms with E-state index in [9.17, 15) is 27.9 Å². The Kier molecular flexibility index (Phi) is 10.6. The molecule has 9 nitrogen and oxygen atoms in total. The number of hydrogen-bond donors (Lipinski definition) is 4. The van der Waals surface area contributed by atoms with Crippen LogP contribution in [-0.4, -0.2) is 50.7 Å². The molecule has 3 heterocycles. The predicted molar refractivity (Wildman–Crippen MR) is 136 cm³/mol. The molecule has 0 aromatic carbocycles. The van der Waals surface area contributed by atoms with E-state index in [4.69, 9.17) is 14.9 Å². The summed E-state index contributed by atoms with van der Waals surface area (Å²) >= 11 is 0. The number of rotatable bonds is 9. The minimum absolute atomic E-state index is 0.117. The van der Waals surface area contributed by atoms with Crippen molar-refractivity contribution >= 4 is 23.7 Å². The summed E-state index contributed by atoms with van der Waals surface area (Å²) in [6.45, 7) is 0.973. The van der Waals surface area contributed by atoms with Crippen LogP contribution in [-0.2, 0) is 40.1 Å². The van der Waals surface area contributed by atoms with Crippen molar-refractivity contribution in [2.24, 2.45) is 0 Å². The maximum Gasteiger partial charge on any atom is 0.490 e. The number of nitrogens with zero attached hydrogens (tertiary/aromatic N) is 2. The van der Waals surface area contributed by atoms with Crippen molar-refractivity contribution in [2.45, 2.75) is 82.8 Å². The number of aromatic nitrogens is 2. The molecule has 0 bridgehead atoms. The van der Waals surface area contributed by atoms with Gasteiger partial charge in [-0.15, -0.1) is 0 Å². The highest BCUT2D eigenvalue weighted by Gasteiger charge is 2.38. The number of pyridine rings is 2. The van der Waals surface area contributed by atoms with E-state index in [0.29, 0.717) is 6.42 Å². The number of nitrogens with one attached hydrogen (secondary N) is 2. The molecule has 4 N–H and O–H groups in total. The summed E-state index contributed by atoms with van der Waals surface area (Å²) < 4.78 is 31.7. The highest BCUT2D eigenvalue weighted by Crippen LogP contribution is 2.25. The fraction of sp³-hybridized carbons (Fsp3) is 0.519. The SMILES string of the molecule is O=C(O)C(F)(F)F.O=C(O)CC(NC(=O)CCCCc1ccc2c(n1)NCCC2)c1cnc2c(c1)CCCC2. The molecule has 0 spiro atoms. The monoisotopic (exact) mass is 550 g/mol. The van der Waals surface area contributed by atoms with Gasteiger partial charge >= 0.3 is 18.1 Å². The Morgan fingerprint density at radius 2 is 1.74 bits per heavy atom. The Bertz CT molecular complexity index is 1170. The van der Waals surface area contributed by atoms with Crippen molar-refractivity contribution < 1.29 is 37.8 Å². The molecule has 212 valence electrons. The van der Waals surface area contributed by atoms with E-state index in [1.54, 1.807) is 6.20 Å². The molecule has 1 unspecified atom stereocenters. The Labute approximate surface area is 224 Å². The summed E-state index contributed by atoms with van der Waals surface area (Å²) in [5, 5.41) is 22.7. The summed E-state index contributed by atoms with van der Waals surface area (Å²) in [6, 6.07) is 5.72. The molecule has 1 aliphatic carbocycles. The van der Waals surface area contributed by atoms with Crippen LogP contribution in [0.2, 0.25) is 0 Å². The third kappa shape index (κ3) is 9.52. The van der Waals surface area contributed by atoms with Crippen molar-refractivity contribution in [1.82, 2.24) is 15.3 Å². The van der Waals surface area contributed by atoms with Gasteiger partial charge < -0.3 is 20.8 Å². The van der Waals surface area contributed by atoms with Crippen molar-refractivity contribution in [3.8, 4) is 0 Å². The average Bonchev–Trinajstić information content (AvgIpc) is 2.90. The van der Waals surface area contributed by atoms with Crippen molar-refractivity contribution in [2.75, 3.05) is 11.9 Å². The molecule has 2 aromatic heterocycles. The van der Waals surface area contributed by atoms with Gasteiger partial charge in [-0.1, -0.05) is 12.1 Å². The summed E-state index contributed by atoms with van der Waals surface area (Å²) in [7, 11) is 0. The molecule has 0 saturated carbocycles. The lowest BCUT2D eigenvalue weighted by molar-refractivity contribution is -0.192. The second kappa shape index (κ2) is 13.9. The first-order valence-corrected chi connectivity index (χ1v) is 13.0. The van der Waals surface area contributed by atoms with E-state index >= 15 is 0 Å². The first-order valence-electron chi connectivity index (χ1n) is 13.0. The van der Waals surface area contributed by atoms with Crippen LogP contribution in [0, 0.1) is 0 Å². The van der Waals surface area contributed by atoms with Gasteiger partial charge in [0.15, 0.2) is 0 Å². The largest absolute Gasteiger partial charge is 0.490 e. The fourth-order valence-corrected chi connectivity index (χ4v) is 4.59. The number of fused-ring (bicyclic) bond motifs is 2. The zero-order valence-electron chi connectivity index (χ0n) is 21.5. The predicted octanol–water partition coefficient (Wildman–Crippen LogP) is 4.39. The van der Waals surface area contributed by atoms with Crippen molar-refractivity contribution in [3.05, 3.63) is 52.5 Å². The van der Waals surface area contributed by atoms with Gasteiger partial charge in [0.2, 0.25) is 5.91 Å². The third-order valence-corrected chi connectivity index (χ3v) is 6.59. The Hall–Kier alpha value is -3.70. The number of carboxylic acids is 2. The molecular formula is C27H33F3N4O5. The molecule has 2 aromatic rings. The number of unbranched alkanes of at least 4 members (excludes halogenated alkanes) is 1. The standard InChI is InChI=1S/C25H32N4O3.C2HF3O2/c30-23(10-4-2-8-20-12-11-17-7-5-13-26-25(17)28-20)29-22(15-24(31)32)19-14-18-6-1-3-9-21(18)27-16-19;3-2(4,5)1(6)7/h11-12,14,16,22H,1-10,13,15H2,(H,26,28)(H,29,30)(H,31,32);(H,6,7). The van der Waals surface area contributed by atoms with Gasteiger partial charge in [0.1, 0.15) is 5.82 Å². The number of carbonyl (C=O) groups is 3. The van der Waals surface area contributed by atoms with Crippen LogP contribution in [0.4, 0.5) is 19.0 Å². The first kappa shape index (κ1) is 29.9. The average molecular weight is 551 g/mol. The number of aliphatic carboxylic acids is 2. The van der Waals surface area contributed by atoms with Crippen LogP contribution in [0.3, 0.4) is 0 Å². The number of carboxylic acid groups (broad SMARTS) is 2. The smallest absolute Gasteiger partial charge is 0.481 e. The van der Waals surface area contributed by atoms with Crippen LogP contribution < -0.4 is 10.6 Å². The minimum atomic E-state index is -5.08. The maximum atomic E-state index is 12.5. The molecular weight excluding hydrogens is 517 g/mol. The lowest BCUT2D eigenvalue weighted by atomic mass is 9.93. The molecule has 39 heavy (non-hydrogen) atoms. The topological polar surface area (TPSA) is 142 Å². The van der Waals surface area contributed by atoms with E-state index in [-0.39, 0.29) is 12.3 Å². The molecule has 0 radical (unpaired) electrons. The molecule has 4 rings (SSSR count). The lowest BCUT2D eigenvalue weighted by Crippen LogP contribution is -2.30. The molecule has 1 atom stereocenters. The van der Waals surface area contributed by atoms with Crippen LogP contribution in [0.5, 0.6) is 0 Å². The maximum absolute atomic E-state index is 12.5. The van der Waals surface area contributed by atoms with E-state index in [1.165, 1.54) is 11.1 Å². The Morgan fingerprint density at radius 3 is 2.46 bits per heavy atom. The van der Waals surface area contributed by atoms with Gasteiger partial charge in [-0.3, -0.25) is 14.6 Å². The molecule has 12 heteroatoms. The highest BCUT2D eigenvalue weighted by atomic mass is 19.4. The number of amides is 1. The summed E-state index contributed by atoms with van der Waals surface area (Å²) in [5.41, 5.74) is 5.40. The van der Waals surface area contributed by atoms with E-state index in [1.807, 2.05) is 6.07 Å². The number of alkyl halides is 3. The quantitative estimate of drug-likeness (QED) is 0.337.